The second-order valence-electron chi connectivity index (χ2n) is 1.93. The minimum absolute atomic E-state index is 0.226. The number of nitrogens with one attached hydrogen (secondary N) is 1. The topological polar surface area (TPSA) is 46.2 Å². The van der Waals surface area contributed by atoms with E-state index >= 15 is 0 Å². The zero-order chi connectivity index (χ0) is 6.74. The summed E-state index contributed by atoms with van der Waals surface area (Å²) >= 11 is 0. The standard InChI is InChI=1S/C5H9NO2S/c7-9(8)5-3-1-2-4-6-9/h1-2,6H,3-5H2. The smallest absolute Gasteiger partial charge is 0.212 e. The molecule has 1 N–H and O–H groups in total. The van der Waals surface area contributed by atoms with Gasteiger partial charge < -0.3 is 0 Å². The van der Waals surface area contributed by atoms with Crippen molar-refractivity contribution in [3.63, 3.8) is 0 Å². The van der Waals surface area contributed by atoms with Crippen LogP contribution in [0.1, 0.15) is 6.42 Å². The highest BCUT2D eigenvalue weighted by Gasteiger charge is 2.08. The summed E-state index contributed by atoms with van der Waals surface area (Å²) in [5.41, 5.74) is 0. The lowest BCUT2D eigenvalue weighted by Gasteiger charge is -1.96. The van der Waals surface area contributed by atoms with E-state index in [0.29, 0.717) is 13.0 Å². The summed E-state index contributed by atoms with van der Waals surface area (Å²) in [7, 11) is -2.93. The van der Waals surface area contributed by atoms with Gasteiger partial charge in [0, 0.05) is 6.54 Å². The highest BCUT2D eigenvalue weighted by Crippen LogP contribution is 1.94. The fourth-order valence-electron chi connectivity index (χ4n) is 0.672. The Morgan fingerprint density at radius 2 is 2.11 bits per heavy atom. The molecule has 9 heavy (non-hydrogen) atoms. The summed E-state index contributed by atoms with van der Waals surface area (Å²) in [4.78, 5) is 0. The van der Waals surface area contributed by atoms with Gasteiger partial charge in [0.15, 0.2) is 0 Å². The maximum Gasteiger partial charge on any atom is 0.212 e. The highest BCUT2D eigenvalue weighted by molar-refractivity contribution is 7.89. The van der Waals surface area contributed by atoms with Crippen molar-refractivity contribution in [2.75, 3.05) is 12.3 Å². The van der Waals surface area contributed by atoms with E-state index in [2.05, 4.69) is 4.72 Å². The Morgan fingerprint density at radius 1 is 1.33 bits per heavy atom. The Labute approximate surface area is 54.8 Å². The van der Waals surface area contributed by atoms with E-state index in [-0.39, 0.29) is 5.75 Å². The van der Waals surface area contributed by atoms with Crippen LogP contribution in [-0.2, 0) is 10.0 Å². The second kappa shape index (κ2) is 2.49. The summed E-state index contributed by atoms with van der Waals surface area (Å²) < 4.78 is 23.8. The van der Waals surface area contributed by atoms with Crippen LogP contribution in [0.2, 0.25) is 0 Å². The van der Waals surface area contributed by atoms with Crippen LogP contribution in [0.4, 0.5) is 0 Å². The molecule has 0 fully saturated rings. The molecule has 3 nitrogen and oxygen atoms in total. The van der Waals surface area contributed by atoms with E-state index in [1.807, 2.05) is 12.2 Å². The van der Waals surface area contributed by atoms with E-state index in [1.165, 1.54) is 0 Å². The molecule has 1 aliphatic heterocycles. The predicted octanol–water partition coefficient (Wildman–Crippen LogP) is -0.134. The molecule has 1 aliphatic rings. The highest BCUT2D eigenvalue weighted by atomic mass is 32.2. The maximum atomic E-state index is 10.7. The van der Waals surface area contributed by atoms with Crippen LogP contribution in [0.15, 0.2) is 12.2 Å². The van der Waals surface area contributed by atoms with E-state index in [1.54, 1.807) is 0 Å². The van der Waals surface area contributed by atoms with E-state index < -0.39 is 10.0 Å². The van der Waals surface area contributed by atoms with Crippen molar-refractivity contribution in [3.8, 4) is 0 Å². The van der Waals surface area contributed by atoms with Gasteiger partial charge in [0.05, 0.1) is 5.75 Å². The summed E-state index contributed by atoms with van der Waals surface area (Å²) in [5, 5.41) is 0. The first kappa shape index (κ1) is 6.77. The third-order valence-corrected chi connectivity index (χ3v) is 2.52. The monoisotopic (exact) mass is 147 g/mol. The number of hydrogen-bond acceptors (Lipinski definition) is 2. The Kier molecular flexibility index (Phi) is 1.87. The fraction of sp³-hybridized carbons (Fsp3) is 0.600. The van der Waals surface area contributed by atoms with Gasteiger partial charge in [-0.1, -0.05) is 12.2 Å². The molecular formula is C5H9NO2S. The van der Waals surface area contributed by atoms with Crippen molar-refractivity contribution in [2.45, 2.75) is 6.42 Å². The van der Waals surface area contributed by atoms with Crippen molar-refractivity contribution < 1.29 is 8.42 Å². The molecule has 0 bridgehead atoms. The van der Waals surface area contributed by atoms with Crippen LogP contribution < -0.4 is 4.72 Å². The first-order valence-electron chi connectivity index (χ1n) is 2.83. The number of rotatable bonds is 0. The molecule has 0 aromatic heterocycles. The molecule has 0 radical (unpaired) electrons. The molecule has 0 atom stereocenters. The van der Waals surface area contributed by atoms with E-state index in [4.69, 9.17) is 0 Å². The van der Waals surface area contributed by atoms with Crippen LogP contribution in [-0.4, -0.2) is 20.7 Å². The predicted molar refractivity (Wildman–Crippen MR) is 35.5 cm³/mol. The molecule has 0 unspecified atom stereocenters. The summed E-state index contributed by atoms with van der Waals surface area (Å²) in [6.45, 7) is 0.447. The van der Waals surface area contributed by atoms with Crippen LogP contribution in [0, 0.1) is 0 Å². The van der Waals surface area contributed by atoms with Crippen molar-refractivity contribution in [3.05, 3.63) is 12.2 Å². The van der Waals surface area contributed by atoms with Gasteiger partial charge in [-0.25, -0.2) is 13.1 Å². The van der Waals surface area contributed by atoms with Crippen molar-refractivity contribution >= 4 is 10.0 Å². The van der Waals surface area contributed by atoms with E-state index in [9.17, 15) is 8.42 Å². The van der Waals surface area contributed by atoms with Crippen LogP contribution >= 0.6 is 0 Å². The zero-order valence-corrected chi connectivity index (χ0v) is 5.82. The Hall–Kier alpha value is -0.350. The first-order chi connectivity index (χ1) is 4.21. The van der Waals surface area contributed by atoms with Crippen LogP contribution in [0.25, 0.3) is 0 Å². The lowest BCUT2D eigenvalue weighted by atomic mass is 10.4. The maximum absolute atomic E-state index is 10.7. The van der Waals surface area contributed by atoms with E-state index in [0.717, 1.165) is 0 Å². The second-order valence-corrected chi connectivity index (χ2v) is 3.85. The average molecular weight is 147 g/mol. The molecule has 0 amide bonds. The lowest BCUT2D eigenvalue weighted by molar-refractivity contribution is 0.586. The Morgan fingerprint density at radius 3 is 2.89 bits per heavy atom. The molecule has 0 saturated heterocycles. The molecular weight excluding hydrogens is 138 g/mol. The average Bonchev–Trinajstić information content (AvgIpc) is 1.92. The largest absolute Gasteiger partial charge is 0.212 e. The number of sulfonamides is 1. The van der Waals surface area contributed by atoms with Gasteiger partial charge in [0.1, 0.15) is 0 Å². The molecule has 1 rings (SSSR count). The number of hydrogen-bond donors (Lipinski definition) is 1. The van der Waals surface area contributed by atoms with Gasteiger partial charge in [-0.2, -0.15) is 0 Å². The number of allylic oxidation sites excluding steroid dienone is 1. The quantitative estimate of drug-likeness (QED) is 0.485. The van der Waals surface area contributed by atoms with Gasteiger partial charge in [0.2, 0.25) is 10.0 Å². The van der Waals surface area contributed by atoms with Crippen LogP contribution in [0.5, 0.6) is 0 Å². The van der Waals surface area contributed by atoms with Crippen molar-refractivity contribution in [1.82, 2.24) is 4.72 Å². The Bertz CT molecular complexity index is 189. The molecule has 0 aliphatic carbocycles. The van der Waals surface area contributed by atoms with Gasteiger partial charge >= 0.3 is 0 Å². The molecule has 52 valence electrons. The Balaban J connectivity index is 2.66. The lowest BCUT2D eigenvalue weighted by Crippen LogP contribution is -2.24. The van der Waals surface area contributed by atoms with Gasteiger partial charge in [-0.05, 0) is 6.42 Å². The third-order valence-electron chi connectivity index (χ3n) is 1.14. The fourth-order valence-corrected chi connectivity index (χ4v) is 1.61. The molecule has 0 aromatic carbocycles. The van der Waals surface area contributed by atoms with Gasteiger partial charge in [0.25, 0.3) is 0 Å². The van der Waals surface area contributed by atoms with Gasteiger partial charge in [-0.3, -0.25) is 0 Å². The summed E-state index contributed by atoms with van der Waals surface area (Å²) in [6.07, 6.45) is 4.33. The molecule has 0 saturated carbocycles. The van der Waals surface area contributed by atoms with Gasteiger partial charge in [-0.15, -0.1) is 0 Å². The van der Waals surface area contributed by atoms with Crippen molar-refractivity contribution in [1.29, 1.82) is 0 Å². The summed E-state index contributed by atoms with van der Waals surface area (Å²) in [5.74, 6) is 0.226. The minimum atomic E-state index is -2.93. The first-order valence-corrected chi connectivity index (χ1v) is 4.48. The minimum Gasteiger partial charge on any atom is -0.212 e. The van der Waals surface area contributed by atoms with Crippen LogP contribution in [0.3, 0.4) is 0 Å². The zero-order valence-electron chi connectivity index (χ0n) is 5.00. The molecule has 1 heterocycles. The normalized spacial score (nSPS) is 25.3. The third kappa shape index (κ3) is 2.15. The van der Waals surface area contributed by atoms with Crippen molar-refractivity contribution in [2.24, 2.45) is 0 Å². The summed E-state index contributed by atoms with van der Waals surface area (Å²) in [6, 6.07) is 0. The molecule has 0 spiro atoms. The molecule has 0 aromatic rings. The SMILES string of the molecule is O=S1(=O)CCC=CCN1. The molecule has 4 heteroatoms.